The van der Waals surface area contributed by atoms with Crippen LogP contribution in [0.3, 0.4) is 0 Å². The van der Waals surface area contributed by atoms with Crippen molar-refractivity contribution in [1.82, 2.24) is 15.6 Å². The van der Waals surface area contributed by atoms with Crippen LogP contribution in [0.4, 0.5) is 5.69 Å². The van der Waals surface area contributed by atoms with Gasteiger partial charge in [-0.2, -0.15) is 0 Å². The first kappa shape index (κ1) is 20.1. The molecule has 2 aromatic carbocycles. The molecule has 5 rings (SSSR count). The quantitative estimate of drug-likeness (QED) is 0.594. The second-order valence-electron chi connectivity index (χ2n) is 8.53. The van der Waals surface area contributed by atoms with E-state index in [1.54, 1.807) is 0 Å². The summed E-state index contributed by atoms with van der Waals surface area (Å²) in [5.41, 5.74) is 5.17. The minimum atomic E-state index is -0.0221. The number of hydrogen-bond acceptors (Lipinski definition) is 4. The molecule has 0 aliphatic carbocycles. The molecule has 2 aliphatic rings. The van der Waals surface area contributed by atoms with Gasteiger partial charge in [0, 0.05) is 36.2 Å². The van der Waals surface area contributed by atoms with E-state index in [2.05, 4.69) is 63.0 Å². The summed E-state index contributed by atoms with van der Waals surface area (Å²) in [7, 11) is 0. The van der Waals surface area contributed by atoms with Crippen molar-refractivity contribution in [2.45, 2.75) is 12.8 Å². The number of nitrogens with one attached hydrogen (secondary N) is 3. The molecule has 6 heteroatoms. The number of H-pyrrole nitrogens is 1. The van der Waals surface area contributed by atoms with Crippen molar-refractivity contribution in [2.75, 3.05) is 50.8 Å². The number of amides is 1. The number of anilines is 1. The molecule has 3 N–H and O–H groups in total. The van der Waals surface area contributed by atoms with Gasteiger partial charge in [0.15, 0.2) is 0 Å². The molecule has 2 aliphatic heterocycles. The highest BCUT2D eigenvalue weighted by Crippen LogP contribution is 2.27. The number of fused-ring (bicyclic) bond motifs is 1. The first-order valence-corrected chi connectivity index (χ1v) is 11.3. The molecule has 3 heterocycles. The van der Waals surface area contributed by atoms with Crippen LogP contribution in [0.25, 0.3) is 22.0 Å². The normalized spacial score (nSPS) is 17.7. The smallest absolute Gasteiger partial charge is 0.267 e. The van der Waals surface area contributed by atoms with Crippen molar-refractivity contribution in [3.05, 3.63) is 54.2 Å². The summed E-state index contributed by atoms with van der Waals surface area (Å²) in [6.07, 6.45) is 2.25. The lowest BCUT2D eigenvalue weighted by molar-refractivity contribution is 0.0940. The van der Waals surface area contributed by atoms with Crippen LogP contribution in [-0.4, -0.2) is 56.8 Å². The van der Waals surface area contributed by atoms with Crippen molar-refractivity contribution in [3.63, 3.8) is 0 Å². The van der Waals surface area contributed by atoms with E-state index in [9.17, 15) is 4.79 Å². The zero-order valence-electron chi connectivity index (χ0n) is 17.8. The Bertz CT molecular complexity index is 1030. The van der Waals surface area contributed by atoms with Gasteiger partial charge in [0.05, 0.1) is 13.2 Å². The summed E-state index contributed by atoms with van der Waals surface area (Å²) in [4.78, 5) is 18.3. The summed E-state index contributed by atoms with van der Waals surface area (Å²) in [5.74, 6) is 0.549. The highest BCUT2D eigenvalue weighted by molar-refractivity contribution is 5.98. The predicted molar refractivity (Wildman–Crippen MR) is 125 cm³/mol. The third-order valence-electron chi connectivity index (χ3n) is 6.45. The Labute approximate surface area is 183 Å². The number of morpholine rings is 1. The maximum absolute atomic E-state index is 12.6. The van der Waals surface area contributed by atoms with E-state index >= 15 is 0 Å². The minimum Gasteiger partial charge on any atom is -0.378 e. The molecule has 0 atom stereocenters. The third-order valence-corrected chi connectivity index (χ3v) is 6.45. The first-order chi connectivity index (χ1) is 15.3. The van der Waals surface area contributed by atoms with Gasteiger partial charge in [0.1, 0.15) is 5.69 Å². The van der Waals surface area contributed by atoms with Crippen LogP contribution in [-0.2, 0) is 4.74 Å². The number of ether oxygens (including phenoxy) is 1. The maximum atomic E-state index is 12.6. The predicted octanol–water partition coefficient (Wildman–Crippen LogP) is 3.40. The monoisotopic (exact) mass is 418 g/mol. The second-order valence-corrected chi connectivity index (χ2v) is 8.53. The van der Waals surface area contributed by atoms with Gasteiger partial charge in [0.2, 0.25) is 0 Å². The number of aromatic nitrogens is 1. The van der Waals surface area contributed by atoms with Gasteiger partial charge in [-0.25, -0.2) is 0 Å². The van der Waals surface area contributed by atoms with Crippen LogP contribution < -0.4 is 15.5 Å². The number of piperidine rings is 1. The summed E-state index contributed by atoms with van der Waals surface area (Å²) in [6, 6.07) is 17.0. The fourth-order valence-electron chi connectivity index (χ4n) is 4.53. The minimum absolute atomic E-state index is 0.0221. The molecule has 6 nitrogen and oxygen atoms in total. The summed E-state index contributed by atoms with van der Waals surface area (Å²) >= 11 is 0. The molecule has 31 heavy (non-hydrogen) atoms. The van der Waals surface area contributed by atoms with Gasteiger partial charge in [-0.05, 0) is 67.2 Å². The van der Waals surface area contributed by atoms with Crippen molar-refractivity contribution < 1.29 is 9.53 Å². The van der Waals surface area contributed by atoms with E-state index in [0.717, 1.165) is 75.2 Å². The molecule has 2 saturated heterocycles. The van der Waals surface area contributed by atoms with Crippen molar-refractivity contribution in [2.24, 2.45) is 5.92 Å². The van der Waals surface area contributed by atoms with Gasteiger partial charge >= 0.3 is 0 Å². The van der Waals surface area contributed by atoms with E-state index in [1.807, 2.05) is 6.07 Å². The number of benzene rings is 2. The number of hydrogen-bond donors (Lipinski definition) is 3. The van der Waals surface area contributed by atoms with Gasteiger partial charge in [0.25, 0.3) is 5.91 Å². The number of carbonyl (C=O) groups excluding carboxylic acids is 1. The molecule has 2 fully saturated rings. The topological polar surface area (TPSA) is 69.4 Å². The Hall–Kier alpha value is -2.83. The molecule has 0 unspecified atom stereocenters. The number of carbonyl (C=O) groups is 1. The Kier molecular flexibility index (Phi) is 5.91. The molecule has 1 amide bonds. The average molecular weight is 419 g/mol. The fraction of sp³-hybridized carbons (Fsp3) is 0.400. The second kappa shape index (κ2) is 9.12. The summed E-state index contributed by atoms with van der Waals surface area (Å²) < 4.78 is 5.44. The molecule has 0 saturated carbocycles. The SMILES string of the molecule is O=C(NCC1CCNCC1)c1cc2ccc(-c3ccc(N4CCOCC4)cc3)cc2[nH]1. The lowest BCUT2D eigenvalue weighted by atomic mass is 9.98. The van der Waals surface area contributed by atoms with Crippen LogP contribution in [0.15, 0.2) is 48.5 Å². The van der Waals surface area contributed by atoms with Gasteiger partial charge < -0.3 is 25.3 Å². The highest BCUT2D eigenvalue weighted by Gasteiger charge is 2.16. The van der Waals surface area contributed by atoms with Crippen LogP contribution in [0.2, 0.25) is 0 Å². The zero-order chi connectivity index (χ0) is 21.0. The van der Waals surface area contributed by atoms with E-state index in [4.69, 9.17) is 4.74 Å². The lowest BCUT2D eigenvalue weighted by Gasteiger charge is -2.28. The van der Waals surface area contributed by atoms with E-state index in [1.165, 1.54) is 11.3 Å². The molecular weight excluding hydrogens is 388 g/mol. The maximum Gasteiger partial charge on any atom is 0.267 e. The summed E-state index contributed by atoms with van der Waals surface area (Å²) in [6.45, 7) is 6.30. The molecular formula is C25H30N4O2. The molecule has 1 aromatic heterocycles. The molecule has 3 aromatic rings. The Morgan fingerprint density at radius 1 is 1.00 bits per heavy atom. The van der Waals surface area contributed by atoms with E-state index in [-0.39, 0.29) is 5.91 Å². The van der Waals surface area contributed by atoms with Crippen molar-refractivity contribution >= 4 is 22.5 Å². The van der Waals surface area contributed by atoms with Crippen LogP contribution in [0.5, 0.6) is 0 Å². The van der Waals surface area contributed by atoms with Crippen molar-refractivity contribution in [1.29, 1.82) is 0 Å². The standard InChI is InChI=1S/C25H30N4O2/c30-25(27-17-18-7-9-26-10-8-18)24-16-21-2-1-20(15-23(21)28-24)19-3-5-22(6-4-19)29-11-13-31-14-12-29/h1-6,15-16,18,26,28H,7-14,17H2,(H,27,30). The van der Waals surface area contributed by atoms with Gasteiger partial charge in [-0.1, -0.05) is 24.3 Å². The Balaban J connectivity index is 1.28. The zero-order valence-corrected chi connectivity index (χ0v) is 17.8. The van der Waals surface area contributed by atoms with E-state index < -0.39 is 0 Å². The molecule has 0 bridgehead atoms. The highest BCUT2D eigenvalue weighted by atomic mass is 16.5. The van der Waals surface area contributed by atoms with Crippen LogP contribution in [0, 0.1) is 5.92 Å². The molecule has 0 radical (unpaired) electrons. The third kappa shape index (κ3) is 4.60. The van der Waals surface area contributed by atoms with E-state index in [0.29, 0.717) is 11.6 Å². The first-order valence-electron chi connectivity index (χ1n) is 11.3. The number of nitrogens with zero attached hydrogens (tertiary/aromatic N) is 1. The fourth-order valence-corrected chi connectivity index (χ4v) is 4.53. The molecule has 162 valence electrons. The number of aromatic amines is 1. The lowest BCUT2D eigenvalue weighted by Crippen LogP contribution is -2.36. The Morgan fingerprint density at radius 3 is 2.52 bits per heavy atom. The molecule has 0 spiro atoms. The Morgan fingerprint density at radius 2 is 1.74 bits per heavy atom. The largest absolute Gasteiger partial charge is 0.378 e. The van der Waals surface area contributed by atoms with Gasteiger partial charge in [-0.15, -0.1) is 0 Å². The van der Waals surface area contributed by atoms with Crippen LogP contribution in [0.1, 0.15) is 23.3 Å². The summed E-state index contributed by atoms with van der Waals surface area (Å²) in [5, 5.41) is 7.52. The van der Waals surface area contributed by atoms with Crippen LogP contribution >= 0.6 is 0 Å². The van der Waals surface area contributed by atoms with Crippen molar-refractivity contribution in [3.8, 4) is 11.1 Å². The van der Waals surface area contributed by atoms with Gasteiger partial charge in [-0.3, -0.25) is 4.79 Å². The number of rotatable bonds is 5. The average Bonchev–Trinajstić information content (AvgIpc) is 3.27.